The quantitative estimate of drug-likeness (QED) is 0.0831. The number of hydrogen-bond donors (Lipinski definition) is 10. The van der Waals surface area contributed by atoms with Crippen LogP contribution in [0.25, 0.3) is 10.9 Å². The predicted octanol–water partition coefficient (Wildman–Crippen LogP) is 0.591. The summed E-state index contributed by atoms with van der Waals surface area (Å²) in [4.78, 5) is 139. The van der Waals surface area contributed by atoms with Crippen molar-refractivity contribution < 1.29 is 53.4 Å². The highest BCUT2D eigenvalue weighted by molar-refractivity contribution is 6.00. The smallest absolute Gasteiger partial charge is 0.305 e. The Morgan fingerprint density at radius 3 is 2.25 bits per heavy atom. The molecule has 2 saturated heterocycles. The number of nitrogens with two attached hydrogens (primary N) is 1. The molecular weight excluding hydrogens is 919 g/mol. The first-order valence-electron chi connectivity index (χ1n) is 23.9. The number of carbonyl (C=O) groups is 9. The molecule has 4 heterocycles. The molecule has 2 aliphatic heterocycles. The van der Waals surface area contributed by atoms with E-state index in [-0.39, 0.29) is 70.2 Å². The number of carboxylic acids is 1. The number of primary amides is 1. The van der Waals surface area contributed by atoms with Crippen LogP contribution in [0.1, 0.15) is 88.5 Å². The molecule has 0 unspecified atom stereocenters. The first-order valence-corrected chi connectivity index (χ1v) is 23.9. The third kappa shape index (κ3) is 13.9. The van der Waals surface area contributed by atoms with E-state index in [0.29, 0.717) is 30.5 Å². The number of para-hydroxylation sites is 1. The predicted molar refractivity (Wildman–Crippen MR) is 256 cm³/mol. The lowest BCUT2D eigenvalue weighted by atomic mass is 9.98. The number of phenolic OH excluding ortho intramolecular Hbond substituents is 1. The Labute approximate surface area is 409 Å². The van der Waals surface area contributed by atoms with Crippen molar-refractivity contribution in [2.24, 2.45) is 5.73 Å². The molecule has 0 radical (unpaired) electrons. The number of fused-ring (bicyclic) bond motifs is 2. The molecule has 0 saturated carbocycles. The van der Waals surface area contributed by atoms with Crippen molar-refractivity contribution >= 4 is 64.1 Å². The normalized spacial score (nSPS) is 22.5. The Balaban J connectivity index is 1.44. The number of unbranched alkanes of at least 4 members (excludes halogenated alkanes) is 1. The van der Waals surface area contributed by atoms with E-state index in [4.69, 9.17) is 5.73 Å². The summed E-state index contributed by atoms with van der Waals surface area (Å²) in [5.74, 6) is -8.19. The highest BCUT2D eigenvalue weighted by Gasteiger charge is 2.44. The Hall–Kier alpha value is -7.78. The molecule has 71 heavy (non-hydrogen) atoms. The maximum atomic E-state index is 14.9. The molecule has 0 bridgehead atoms. The van der Waals surface area contributed by atoms with Crippen molar-refractivity contribution in [3.8, 4) is 5.75 Å². The van der Waals surface area contributed by atoms with E-state index >= 15 is 0 Å². The lowest BCUT2D eigenvalue weighted by Gasteiger charge is -2.38. The number of amides is 8. The van der Waals surface area contributed by atoms with Gasteiger partial charge in [0.05, 0.1) is 12.7 Å². The maximum Gasteiger partial charge on any atom is 0.305 e. The number of carboxylic acid groups (broad SMARTS) is 1. The average Bonchev–Trinajstić information content (AvgIpc) is 4.13. The Morgan fingerprint density at radius 2 is 1.56 bits per heavy atom. The molecular formula is C49H63N11O11. The molecule has 22 heteroatoms. The van der Waals surface area contributed by atoms with Gasteiger partial charge in [0.25, 0.3) is 0 Å². The third-order valence-corrected chi connectivity index (χ3v) is 12.8. The van der Waals surface area contributed by atoms with Crippen LogP contribution in [0.2, 0.25) is 0 Å². The van der Waals surface area contributed by atoms with Crippen LogP contribution in [0.4, 0.5) is 0 Å². The molecule has 2 aliphatic rings. The number of H-pyrrole nitrogens is 2. The van der Waals surface area contributed by atoms with E-state index in [1.165, 1.54) is 36.5 Å². The van der Waals surface area contributed by atoms with Crippen LogP contribution < -0.4 is 32.3 Å². The zero-order valence-corrected chi connectivity index (χ0v) is 39.8. The number of benzene rings is 2. The first-order chi connectivity index (χ1) is 34.0. The second-order valence-corrected chi connectivity index (χ2v) is 18.0. The summed E-state index contributed by atoms with van der Waals surface area (Å²) in [6.07, 6.45) is 4.79. The summed E-state index contributed by atoms with van der Waals surface area (Å²) in [5.41, 5.74) is 8.38. The number of nitrogens with zero attached hydrogens (tertiary/aromatic N) is 3. The van der Waals surface area contributed by atoms with Crippen molar-refractivity contribution in [3.05, 3.63) is 84.1 Å². The van der Waals surface area contributed by atoms with E-state index in [1.807, 2.05) is 31.2 Å². The minimum atomic E-state index is -1.98. The molecule has 22 nitrogen and oxygen atoms in total. The lowest BCUT2D eigenvalue weighted by molar-refractivity contribution is -0.154. The lowest BCUT2D eigenvalue weighted by Crippen LogP contribution is -2.64. The van der Waals surface area contributed by atoms with Gasteiger partial charge < -0.3 is 62.3 Å². The van der Waals surface area contributed by atoms with Crippen LogP contribution in [0.15, 0.2) is 67.3 Å². The number of phenols is 1. The fraction of sp³-hybridized carbons (Fsp3) is 0.469. The third-order valence-electron chi connectivity index (χ3n) is 12.8. The molecule has 6 rings (SSSR count). The molecule has 2 aromatic carbocycles. The van der Waals surface area contributed by atoms with Crippen molar-refractivity contribution in [3.63, 3.8) is 0 Å². The average molecular weight is 982 g/mol. The number of nitrogens with one attached hydrogen (secondary N) is 7. The number of aliphatic carboxylic acids is 1. The van der Waals surface area contributed by atoms with E-state index in [0.717, 1.165) is 21.4 Å². The molecule has 2 aromatic heterocycles. The number of hydrogen-bond acceptors (Lipinski definition) is 11. The Morgan fingerprint density at radius 1 is 0.845 bits per heavy atom. The van der Waals surface area contributed by atoms with E-state index in [2.05, 4.69) is 41.5 Å². The van der Waals surface area contributed by atoms with E-state index in [1.54, 1.807) is 18.3 Å². The number of carbonyl (C=O) groups excluding carboxylic acids is 8. The minimum Gasteiger partial charge on any atom is -0.508 e. The molecule has 2 fully saturated rings. The van der Waals surface area contributed by atoms with Crippen molar-refractivity contribution in [2.45, 2.75) is 133 Å². The monoisotopic (exact) mass is 981 g/mol. The highest BCUT2D eigenvalue weighted by Crippen LogP contribution is 2.24. The molecule has 8 amide bonds. The van der Waals surface area contributed by atoms with E-state index in [9.17, 15) is 53.4 Å². The highest BCUT2D eigenvalue weighted by atomic mass is 16.4. The molecule has 7 atom stereocenters. The van der Waals surface area contributed by atoms with Gasteiger partial charge in [0, 0.05) is 68.3 Å². The van der Waals surface area contributed by atoms with Gasteiger partial charge in [-0.3, -0.25) is 43.2 Å². The molecule has 380 valence electrons. The van der Waals surface area contributed by atoms with Crippen LogP contribution in [0.3, 0.4) is 0 Å². The largest absolute Gasteiger partial charge is 0.508 e. The zero-order valence-electron chi connectivity index (χ0n) is 39.8. The number of aromatic hydroxyl groups is 1. The molecule has 0 aliphatic carbocycles. The van der Waals surface area contributed by atoms with Gasteiger partial charge in [-0.25, -0.2) is 4.98 Å². The number of aromatic nitrogens is 3. The maximum absolute atomic E-state index is 14.9. The number of rotatable bonds is 14. The second-order valence-electron chi connectivity index (χ2n) is 18.0. The molecule has 0 spiro atoms. The van der Waals surface area contributed by atoms with Crippen LogP contribution >= 0.6 is 0 Å². The number of imidazole rings is 1. The topological polar surface area (TPSA) is 331 Å². The zero-order chi connectivity index (χ0) is 51.2. The summed E-state index contributed by atoms with van der Waals surface area (Å²) in [6.45, 7) is 3.15. The summed E-state index contributed by atoms with van der Waals surface area (Å²) >= 11 is 0. The van der Waals surface area contributed by atoms with Crippen LogP contribution in [0, 0.1) is 0 Å². The summed E-state index contributed by atoms with van der Waals surface area (Å²) < 4.78 is 0. The van der Waals surface area contributed by atoms with E-state index < -0.39 is 102 Å². The second kappa shape index (κ2) is 24.7. The molecule has 4 aromatic rings. The fourth-order valence-electron chi connectivity index (χ4n) is 9.25. The Kier molecular flexibility index (Phi) is 18.3. The van der Waals surface area contributed by atoms with Gasteiger partial charge in [-0.05, 0) is 67.9 Å². The van der Waals surface area contributed by atoms with Gasteiger partial charge >= 0.3 is 5.97 Å². The summed E-state index contributed by atoms with van der Waals surface area (Å²) in [5, 5.41) is 34.9. The fourth-order valence-corrected chi connectivity index (χ4v) is 9.25. The summed E-state index contributed by atoms with van der Waals surface area (Å²) in [7, 11) is 0. The summed E-state index contributed by atoms with van der Waals surface area (Å²) in [6, 6.07) is 3.24. The first kappa shape index (κ1) is 52.6. The van der Waals surface area contributed by atoms with Gasteiger partial charge in [-0.1, -0.05) is 50.1 Å². The van der Waals surface area contributed by atoms with Gasteiger partial charge in [0.15, 0.2) is 0 Å². The Bertz CT molecular complexity index is 2550. The van der Waals surface area contributed by atoms with Crippen LogP contribution in [-0.4, -0.2) is 144 Å². The standard InChI is InChI=1S/C49H63N11O11/c1-3-4-11-35(55-28(2)61)49(71)60-39(43(50)65)13-7-8-19-52-44(66)36(22-30-25-53-34-12-6-5-10-33(30)34)56-46(68)40-14-9-20-59(40)48(70)38(21-29-15-17-32(62)18-16-29)58-45(67)37(23-31-26-51-27-54-31)57-47(69)41(60)24-42(63)64/h5-6,10,12,15-18,25-27,35-41,53,62H,3-4,7-9,11,13-14,19-24H2,1-2H3,(H2,50,65)(H,51,54)(H,52,66)(H,55,61)(H,56,68)(H,57,69)(H,58,67)(H,63,64)/t35-,36-,37-,38+,39-,40-,41-/m0/s1. The van der Waals surface area contributed by atoms with Crippen molar-refractivity contribution in [1.29, 1.82) is 0 Å². The minimum absolute atomic E-state index is 0.0125. The van der Waals surface area contributed by atoms with Crippen molar-refractivity contribution in [1.82, 2.24) is 51.3 Å². The van der Waals surface area contributed by atoms with Gasteiger partial charge in [0.2, 0.25) is 47.3 Å². The van der Waals surface area contributed by atoms with Gasteiger partial charge in [0.1, 0.15) is 48.0 Å². The van der Waals surface area contributed by atoms with Gasteiger partial charge in [-0.2, -0.15) is 0 Å². The SMILES string of the molecule is CCCC[C@H](NC(C)=O)C(=O)N1[C@H](C(N)=O)CCCCNC(=O)[C@H](Cc2c[nH]c3ccccc23)NC(=O)[C@@H]2CCCN2C(=O)[C@@H](Cc2ccc(O)cc2)NC(=O)[C@H](Cc2cnc[nH]2)NC(=O)[C@@H]1CC(=O)O. The van der Waals surface area contributed by atoms with Crippen molar-refractivity contribution in [2.75, 3.05) is 13.1 Å². The molecule has 11 N–H and O–H groups in total. The number of aromatic amines is 2. The van der Waals surface area contributed by atoms with Crippen LogP contribution in [-0.2, 0) is 62.4 Å². The van der Waals surface area contributed by atoms with Crippen LogP contribution in [0.5, 0.6) is 5.75 Å². The van der Waals surface area contributed by atoms with Gasteiger partial charge in [-0.15, -0.1) is 0 Å².